The predicted molar refractivity (Wildman–Crippen MR) is 56.6 cm³/mol. The highest BCUT2D eigenvalue weighted by molar-refractivity contribution is 5.49. The van der Waals surface area contributed by atoms with Gasteiger partial charge in [0.25, 0.3) is 0 Å². The summed E-state index contributed by atoms with van der Waals surface area (Å²) >= 11 is 0. The van der Waals surface area contributed by atoms with E-state index in [0.717, 1.165) is 32.3 Å². The maximum atomic E-state index is 7.00. The van der Waals surface area contributed by atoms with Crippen LogP contribution in [0.3, 0.4) is 0 Å². The van der Waals surface area contributed by atoms with Crippen LogP contribution in [-0.2, 0) is 6.42 Å². The fourth-order valence-corrected chi connectivity index (χ4v) is 1.24. The second kappa shape index (κ2) is 5.62. The van der Waals surface area contributed by atoms with Gasteiger partial charge in [0.2, 0.25) is 0 Å². The summed E-state index contributed by atoms with van der Waals surface area (Å²) < 4.78 is 5.48. The van der Waals surface area contributed by atoms with Crippen molar-refractivity contribution in [1.29, 1.82) is 0 Å². The molecule has 14 heavy (non-hydrogen) atoms. The van der Waals surface area contributed by atoms with Crippen molar-refractivity contribution in [2.24, 2.45) is 5.73 Å². The van der Waals surface area contributed by atoms with Gasteiger partial charge in [-0.3, -0.25) is 0 Å². The van der Waals surface area contributed by atoms with Gasteiger partial charge in [0.05, 0.1) is 6.61 Å². The van der Waals surface area contributed by atoms with Crippen LogP contribution < -0.4 is 10.5 Å². The van der Waals surface area contributed by atoms with Gasteiger partial charge in [0, 0.05) is 7.11 Å². The molecule has 78 valence electrons. The predicted octanol–water partition coefficient (Wildman–Crippen LogP) is 0.927. The molecule has 2 rings (SSSR count). The molecular formula is C11H17NO2. The highest BCUT2D eigenvalue weighted by atomic mass is 16.5. The zero-order valence-electron chi connectivity index (χ0n) is 8.49. The zero-order valence-corrected chi connectivity index (χ0v) is 8.49. The Morgan fingerprint density at radius 3 is 2.79 bits per heavy atom. The highest BCUT2D eigenvalue weighted by Gasteiger charge is 2.16. The molecule has 0 unspecified atom stereocenters. The van der Waals surface area contributed by atoms with E-state index in [-0.39, 0.29) is 0 Å². The monoisotopic (exact) mass is 195 g/mol. The van der Waals surface area contributed by atoms with Gasteiger partial charge < -0.3 is 15.6 Å². The van der Waals surface area contributed by atoms with Crippen LogP contribution >= 0.6 is 0 Å². The summed E-state index contributed by atoms with van der Waals surface area (Å²) in [6.07, 6.45) is 2.08. The second-order valence-corrected chi connectivity index (χ2v) is 3.10. The average molecular weight is 195 g/mol. The molecule has 0 heterocycles. The minimum absolute atomic E-state index is 0.699. The highest BCUT2D eigenvalue weighted by Crippen LogP contribution is 2.31. The summed E-state index contributed by atoms with van der Waals surface area (Å²) in [5.74, 6) is 0.986. The van der Waals surface area contributed by atoms with Crippen LogP contribution in [0.15, 0.2) is 18.2 Å². The van der Waals surface area contributed by atoms with Gasteiger partial charge in [-0.15, -0.1) is 0 Å². The third kappa shape index (κ3) is 3.01. The van der Waals surface area contributed by atoms with Crippen molar-refractivity contribution >= 4 is 0 Å². The van der Waals surface area contributed by atoms with E-state index >= 15 is 0 Å². The van der Waals surface area contributed by atoms with Crippen molar-refractivity contribution in [2.75, 3.05) is 20.3 Å². The second-order valence-electron chi connectivity index (χ2n) is 3.10. The first-order valence-electron chi connectivity index (χ1n) is 4.79. The van der Waals surface area contributed by atoms with Crippen LogP contribution in [0, 0.1) is 0 Å². The maximum absolute atomic E-state index is 7.00. The number of nitrogens with two attached hydrogens (primary N) is 1. The van der Waals surface area contributed by atoms with Crippen LogP contribution in [0.2, 0.25) is 0 Å². The zero-order chi connectivity index (χ0) is 10.4. The molecule has 1 aliphatic carbocycles. The molecular weight excluding hydrogens is 178 g/mol. The lowest BCUT2D eigenvalue weighted by Gasteiger charge is -2.03. The van der Waals surface area contributed by atoms with Crippen molar-refractivity contribution in [3.05, 3.63) is 29.3 Å². The lowest BCUT2D eigenvalue weighted by Crippen LogP contribution is -2.05. The smallest absolute Gasteiger partial charge is 0.119 e. The van der Waals surface area contributed by atoms with Crippen molar-refractivity contribution in [3.8, 4) is 5.75 Å². The van der Waals surface area contributed by atoms with Gasteiger partial charge in [0.15, 0.2) is 0 Å². The molecule has 0 atom stereocenters. The number of ether oxygens (including phenoxy) is 1. The molecule has 1 aliphatic rings. The van der Waals surface area contributed by atoms with E-state index in [1.807, 2.05) is 6.07 Å². The Kier molecular flexibility index (Phi) is 4.43. The van der Waals surface area contributed by atoms with Crippen molar-refractivity contribution < 1.29 is 9.84 Å². The maximum Gasteiger partial charge on any atom is 0.119 e. The molecule has 0 fully saturated rings. The van der Waals surface area contributed by atoms with E-state index in [4.69, 9.17) is 15.6 Å². The minimum Gasteiger partial charge on any atom is -0.494 e. The van der Waals surface area contributed by atoms with Gasteiger partial charge in [0.1, 0.15) is 5.75 Å². The van der Waals surface area contributed by atoms with Crippen LogP contribution in [0.4, 0.5) is 0 Å². The molecule has 0 spiro atoms. The topological polar surface area (TPSA) is 55.5 Å². The number of benzene rings is 1. The molecule has 0 radical (unpaired) electrons. The molecule has 0 amide bonds. The van der Waals surface area contributed by atoms with Crippen molar-refractivity contribution in [3.63, 3.8) is 0 Å². The molecule has 3 N–H and O–H groups in total. The van der Waals surface area contributed by atoms with E-state index in [1.54, 1.807) is 0 Å². The molecule has 3 nitrogen and oxygen atoms in total. The molecule has 1 aromatic rings. The first-order valence-corrected chi connectivity index (χ1v) is 4.79. The molecule has 0 aliphatic heterocycles. The van der Waals surface area contributed by atoms with Crippen LogP contribution in [0.25, 0.3) is 0 Å². The van der Waals surface area contributed by atoms with Crippen molar-refractivity contribution in [2.45, 2.75) is 12.8 Å². The largest absolute Gasteiger partial charge is 0.494 e. The first-order chi connectivity index (χ1) is 6.90. The van der Waals surface area contributed by atoms with E-state index in [0.29, 0.717) is 6.54 Å². The van der Waals surface area contributed by atoms with Crippen LogP contribution in [-0.4, -0.2) is 25.4 Å². The number of fused-ring (bicyclic) bond motifs is 1. The standard InChI is InChI=1S/C10H13NO.CH4O/c11-4-1-5-12-10-3-2-8-6-9(8)7-10;1-2/h2-3,7H,1,4-6,11H2;2H,1H3. The first kappa shape index (κ1) is 11.0. The molecule has 0 saturated heterocycles. The summed E-state index contributed by atoms with van der Waals surface area (Å²) in [6.45, 7) is 1.43. The van der Waals surface area contributed by atoms with E-state index in [2.05, 4.69) is 12.1 Å². The fourth-order valence-electron chi connectivity index (χ4n) is 1.24. The van der Waals surface area contributed by atoms with E-state index in [9.17, 15) is 0 Å². The van der Waals surface area contributed by atoms with Gasteiger partial charge >= 0.3 is 0 Å². The van der Waals surface area contributed by atoms with Gasteiger partial charge in [-0.1, -0.05) is 6.07 Å². The van der Waals surface area contributed by atoms with Gasteiger partial charge in [-0.05, 0) is 42.6 Å². The molecule has 0 saturated carbocycles. The molecule has 1 aromatic carbocycles. The quantitative estimate of drug-likeness (QED) is 0.713. The van der Waals surface area contributed by atoms with Gasteiger partial charge in [-0.2, -0.15) is 0 Å². The Labute approximate surface area is 84.5 Å². The van der Waals surface area contributed by atoms with Crippen molar-refractivity contribution in [1.82, 2.24) is 0 Å². The Balaban J connectivity index is 0.000000461. The lowest BCUT2D eigenvalue weighted by molar-refractivity contribution is 0.313. The summed E-state index contributed by atoms with van der Waals surface area (Å²) in [5.41, 5.74) is 8.24. The SMILES string of the molecule is CO.NCCCOc1ccc2c(c1)C2. The Bertz CT molecular complexity index is 287. The minimum atomic E-state index is 0.699. The number of hydrogen-bond acceptors (Lipinski definition) is 3. The fraction of sp³-hybridized carbons (Fsp3) is 0.455. The Morgan fingerprint density at radius 1 is 1.36 bits per heavy atom. The third-order valence-corrected chi connectivity index (χ3v) is 2.05. The summed E-state index contributed by atoms with van der Waals surface area (Å²) in [5, 5.41) is 7.00. The summed E-state index contributed by atoms with van der Waals surface area (Å²) in [6, 6.07) is 6.28. The number of rotatable bonds is 4. The van der Waals surface area contributed by atoms with E-state index in [1.165, 1.54) is 11.1 Å². The number of aliphatic hydroxyl groups excluding tert-OH is 1. The Hall–Kier alpha value is -1.06. The average Bonchev–Trinajstić information content (AvgIpc) is 2.99. The van der Waals surface area contributed by atoms with Crippen LogP contribution in [0.1, 0.15) is 17.5 Å². The van der Waals surface area contributed by atoms with Crippen LogP contribution in [0.5, 0.6) is 5.75 Å². The normalized spacial score (nSPS) is 11.1. The van der Waals surface area contributed by atoms with E-state index < -0.39 is 0 Å². The number of aliphatic hydroxyl groups is 1. The summed E-state index contributed by atoms with van der Waals surface area (Å²) in [7, 11) is 1.00. The Morgan fingerprint density at radius 2 is 2.14 bits per heavy atom. The molecule has 3 heteroatoms. The number of hydrogen-bond donors (Lipinski definition) is 2. The third-order valence-electron chi connectivity index (χ3n) is 2.05. The molecule has 0 aromatic heterocycles. The summed E-state index contributed by atoms with van der Waals surface area (Å²) in [4.78, 5) is 0. The lowest BCUT2D eigenvalue weighted by atomic mass is 10.3. The molecule has 0 bridgehead atoms. The van der Waals surface area contributed by atoms with Gasteiger partial charge in [-0.25, -0.2) is 0 Å².